The summed E-state index contributed by atoms with van der Waals surface area (Å²) in [5.41, 5.74) is 0.749. The van der Waals surface area contributed by atoms with Gasteiger partial charge in [0.05, 0.1) is 23.4 Å². The zero-order chi connectivity index (χ0) is 18.4. The lowest BCUT2D eigenvalue weighted by atomic mass is 10.1. The fourth-order valence-electron chi connectivity index (χ4n) is 2.07. The molecule has 0 heterocycles. The first-order valence-corrected chi connectivity index (χ1v) is 8.05. The van der Waals surface area contributed by atoms with Crippen molar-refractivity contribution in [3.8, 4) is 5.75 Å². The number of carbonyl (C=O) groups excluding carboxylic acids is 2. The van der Waals surface area contributed by atoms with E-state index in [1.54, 1.807) is 30.3 Å². The Morgan fingerprint density at radius 1 is 1.16 bits per heavy atom. The van der Waals surface area contributed by atoms with E-state index < -0.39 is 11.8 Å². The third kappa shape index (κ3) is 4.75. The summed E-state index contributed by atoms with van der Waals surface area (Å²) in [5, 5.41) is 5.74. The highest BCUT2D eigenvalue weighted by Gasteiger charge is 2.18. The lowest BCUT2D eigenvalue weighted by Gasteiger charge is -2.13. The molecule has 130 valence electrons. The van der Waals surface area contributed by atoms with E-state index in [2.05, 4.69) is 17.2 Å². The number of ether oxygens (including phenoxy) is 1. The van der Waals surface area contributed by atoms with Crippen LogP contribution >= 0.6 is 23.2 Å². The minimum atomic E-state index is -0.422. The van der Waals surface area contributed by atoms with Crippen LogP contribution in [0.2, 0.25) is 10.0 Å². The van der Waals surface area contributed by atoms with Gasteiger partial charge in [0.15, 0.2) is 0 Å². The van der Waals surface area contributed by atoms with Crippen LogP contribution in [-0.2, 0) is 0 Å². The maximum atomic E-state index is 12.4. The number of methoxy groups -OCH3 is 1. The standard InChI is InChI=1S/C18H16Cl2N2O3/c1-3-8-21-18(24)14-9-12(19)10-15(20)16(14)22-17(23)11-4-6-13(25-2)7-5-11/h3-7,9-10H,1,8H2,2H3,(H,21,24)(H,22,23). The molecule has 5 nitrogen and oxygen atoms in total. The van der Waals surface area contributed by atoms with Crippen molar-refractivity contribution >= 4 is 40.7 Å². The SMILES string of the molecule is C=CCNC(=O)c1cc(Cl)cc(Cl)c1NC(=O)c1ccc(OC)cc1. The number of rotatable bonds is 6. The van der Waals surface area contributed by atoms with Crippen LogP contribution in [0.15, 0.2) is 49.1 Å². The zero-order valence-corrected chi connectivity index (χ0v) is 14.9. The van der Waals surface area contributed by atoms with E-state index in [-0.39, 0.29) is 27.8 Å². The van der Waals surface area contributed by atoms with Gasteiger partial charge >= 0.3 is 0 Å². The average molecular weight is 379 g/mol. The number of halogens is 2. The van der Waals surface area contributed by atoms with Gasteiger partial charge in [-0.05, 0) is 36.4 Å². The van der Waals surface area contributed by atoms with Crippen LogP contribution in [0.4, 0.5) is 5.69 Å². The number of hydrogen-bond donors (Lipinski definition) is 2. The van der Waals surface area contributed by atoms with Crippen LogP contribution in [-0.4, -0.2) is 25.5 Å². The molecule has 25 heavy (non-hydrogen) atoms. The van der Waals surface area contributed by atoms with E-state index in [9.17, 15) is 9.59 Å². The molecule has 2 amide bonds. The molecular formula is C18H16Cl2N2O3. The van der Waals surface area contributed by atoms with Crippen molar-refractivity contribution < 1.29 is 14.3 Å². The topological polar surface area (TPSA) is 67.4 Å². The molecule has 0 spiro atoms. The second kappa shape index (κ2) is 8.55. The highest BCUT2D eigenvalue weighted by Crippen LogP contribution is 2.31. The average Bonchev–Trinajstić information content (AvgIpc) is 2.61. The van der Waals surface area contributed by atoms with Gasteiger partial charge in [0.25, 0.3) is 11.8 Å². The van der Waals surface area contributed by atoms with Crippen molar-refractivity contribution in [2.75, 3.05) is 19.0 Å². The molecule has 0 aliphatic heterocycles. The molecule has 0 saturated heterocycles. The Kier molecular flexibility index (Phi) is 6.44. The summed E-state index contributed by atoms with van der Waals surface area (Å²) in [7, 11) is 1.54. The number of anilines is 1. The second-order valence-electron chi connectivity index (χ2n) is 4.99. The third-order valence-electron chi connectivity index (χ3n) is 3.30. The van der Waals surface area contributed by atoms with Crippen LogP contribution < -0.4 is 15.4 Å². The maximum absolute atomic E-state index is 12.4. The summed E-state index contributed by atoms with van der Waals surface area (Å²) in [6.07, 6.45) is 1.54. The molecule has 7 heteroatoms. The Morgan fingerprint density at radius 3 is 2.44 bits per heavy atom. The fourth-order valence-corrected chi connectivity index (χ4v) is 2.61. The molecule has 2 aromatic carbocycles. The number of benzene rings is 2. The minimum absolute atomic E-state index is 0.165. The Hall–Kier alpha value is -2.50. The van der Waals surface area contributed by atoms with Gasteiger partial charge in [-0.1, -0.05) is 29.3 Å². The molecule has 0 fully saturated rings. The number of carbonyl (C=O) groups is 2. The first-order valence-electron chi connectivity index (χ1n) is 7.29. The molecule has 0 aliphatic carbocycles. The smallest absolute Gasteiger partial charge is 0.255 e. The first-order chi connectivity index (χ1) is 12.0. The number of nitrogens with one attached hydrogen (secondary N) is 2. The lowest BCUT2D eigenvalue weighted by molar-refractivity contribution is 0.0959. The van der Waals surface area contributed by atoms with E-state index in [4.69, 9.17) is 27.9 Å². The summed E-state index contributed by atoms with van der Waals surface area (Å²) in [5.74, 6) is -0.204. The molecule has 2 N–H and O–H groups in total. The maximum Gasteiger partial charge on any atom is 0.255 e. The van der Waals surface area contributed by atoms with Crippen molar-refractivity contribution in [2.24, 2.45) is 0 Å². The lowest BCUT2D eigenvalue weighted by Crippen LogP contribution is -2.25. The van der Waals surface area contributed by atoms with E-state index in [0.29, 0.717) is 11.3 Å². The molecule has 0 atom stereocenters. The molecule has 0 bridgehead atoms. The summed E-state index contributed by atoms with van der Waals surface area (Å²) >= 11 is 12.1. The van der Waals surface area contributed by atoms with Gasteiger partial charge in [0.2, 0.25) is 0 Å². The quantitative estimate of drug-likeness (QED) is 0.741. The van der Waals surface area contributed by atoms with Crippen LogP contribution in [0.3, 0.4) is 0 Å². The van der Waals surface area contributed by atoms with Crippen molar-refractivity contribution in [3.63, 3.8) is 0 Å². The molecule has 0 aromatic heterocycles. The monoisotopic (exact) mass is 378 g/mol. The summed E-state index contributed by atoms with van der Waals surface area (Å²) in [4.78, 5) is 24.7. The van der Waals surface area contributed by atoms with Crippen LogP contribution in [0.25, 0.3) is 0 Å². The molecular weight excluding hydrogens is 363 g/mol. The number of hydrogen-bond acceptors (Lipinski definition) is 3. The van der Waals surface area contributed by atoms with E-state index in [0.717, 1.165) is 0 Å². The van der Waals surface area contributed by atoms with Crippen molar-refractivity contribution in [2.45, 2.75) is 0 Å². The Morgan fingerprint density at radius 2 is 1.84 bits per heavy atom. The molecule has 2 rings (SSSR count). The highest BCUT2D eigenvalue weighted by molar-refractivity contribution is 6.38. The van der Waals surface area contributed by atoms with Crippen molar-refractivity contribution in [3.05, 3.63) is 70.2 Å². The van der Waals surface area contributed by atoms with E-state index in [1.807, 2.05) is 0 Å². The van der Waals surface area contributed by atoms with Gasteiger partial charge in [0, 0.05) is 17.1 Å². The number of amides is 2. The normalized spacial score (nSPS) is 10.0. The summed E-state index contributed by atoms with van der Waals surface area (Å²) < 4.78 is 5.06. The molecule has 0 aliphatic rings. The van der Waals surface area contributed by atoms with Crippen molar-refractivity contribution in [1.29, 1.82) is 0 Å². The van der Waals surface area contributed by atoms with Crippen LogP contribution in [0.1, 0.15) is 20.7 Å². The second-order valence-corrected chi connectivity index (χ2v) is 5.84. The van der Waals surface area contributed by atoms with Crippen molar-refractivity contribution in [1.82, 2.24) is 5.32 Å². The Labute approximate surface area is 155 Å². The molecule has 2 aromatic rings. The predicted molar refractivity (Wildman–Crippen MR) is 99.9 cm³/mol. The summed E-state index contributed by atoms with van der Waals surface area (Å²) in [6, 6.07) is 9.43. The zero-order valence-electron chi connectivity index (χ0n) is 13.4. The third-order valence-corrected chi connectivity index (χ3v) is 3.81. The fraction of sp³-hybridized carbons (Fsp3) is 0.111. The first kappa shape index (κ1) is 18.8. The van der Waals surface area contributed by atoms with E-state index >= 15 is 0 Å². The van der Waals surface area contributed by atoms with Gasteiger partial charge in [-0.3, -0.25) is 9.59 Å². The van der Waals surface area contributed by atoms with Gasteiger partial charge < -0.3 is 15.4 Å². The van der Waals surface area contributed by atoms with Gasteiger partial charge in [-0.15, -0.1) is 6.58 Å². The Balaban J connectivity index is 2.32. The van der Waals surface area contributed by atoms with Gasteiger partial charge in [0.1, 0.15) is 5.75 Å². The van der Waals surface area contributed by atoms with E-state index in [1.165, 1.54) is 19.2 Å². The molecule has 0 unspecified atom stereocenters. The molecule has 0 radical (unpaired) electrons. The van der Waals surface area contributed by atoms with Crippen LogP contribution in [0, 0.1) is 0 Å². The Bertz CT molecular complexity index is 805. The van der Waals surface area contributed by atoms with Crippen LogP contribution in [0.5, 0.6) is 5.75 Å². The van der Waals surface area contributed by atoms with Gasteiger partial charge in [-0.2, -0.15) is 0 Å². The predicted octanol–water partition coefficient (Wildman–Crippen LogP) is 4.17. The summed E-state index contributed by atoms with van der Waals surface area (Å²) in [6.45, 7) is 3.81. The highest BCUT2D eigenvalue weighted by atomic mass is 35.5. The molecule has 0 saturated carbocycles. The largest absolute Gasteiger partial charge is 0.497 e. The minimum Gasteiger partial charge on any atom is -0.497 e. The van der Waals surface area contributed by atoms with Gasteiger partial charge in [-0.25, -0.2) is 0 Å².